The number of Topliss-reactive ketones (excluding diaryl/α,β-unsaturated/α-hetero) is 1. The molecule has 0 saturated carbocycles. The molecule has 29 heavy (non-hydrogen) atoms. The van der Waals surface area contributed by atoms with E-state index in [4.69, 9.17) is 9.47 Å². The fourth-order valence-corrected chi connectivity index (χ4v) is 3.55. The van der Waals surface area contributed by atoms with Crippen LogP contribution in [0.5, 0.6) is 11.5 Å². The van der Waals surface area contributed by atoms with E-state index >= 15 is 0 Å². The standard InChI is InChI=1S/C23H28N2O4/c1-17(26)19-7-4-18(5-8-19)6-11-23(27)25-14-12-24(13-15-25)20-9-10-21(28-2)22(16-20)29-3/h4-5,7-10,16H,6,11-15H2,1-3H3. The second-order valence-electron chi connectivity index (χ2n) is 7.16. The van der Waals surface area contributed by atoms with E-state index in [0.717, 1.165) is 24.3 Å². The molecule has 1 fully saturated rings. The Labute approximate surface area is 172 Å². The Kier molecular flexibility index (Phi) is 6.75. The number of anilines is 1. The number of benzene rings is 2. The highest BCUT2D eigenvalue weighted by Crippen LogP contribution is 2.31. The van der Waals surface area contributed by atoms with Crippen molar-refractivity contribution >= 4 is 17.4 Å². The first kappa shape index (κ1) is 20.7. The van der Waals surface area contributed by atoms with Crippen LogP contribution in [0.1, 0.15) is 29.3 Å². The molecule has 0 unspecified atom stereocenters. The summed E-state index contributed by atoms with van der Waals surface area (Å²) in [6.45, 7) is 4.54. The quantitative estimate of drug-likeness (QED) is 0.673. The molecule has 0 bridgehead atoms. The fourth-order valence-electron chi connectivity index (χ4n) is 3.55. The van der Waals surface area contributed by atoms with Crippen LogP contribution >= 0.6 is 0 Å². The van der Waals surface area contributed by atoms with Crippen molar-refractivity contribution in [3.8, 4) is 11.5 Å². The number of hydrogen-bond donors (Lipinski definition) is 0. The highest BCUT2D eigenvalue weighted by atomic mass is 16.5. The molecule has 3 rings (SSSR count). The third-order valence-electron chi connectivity index (χ3n) is 5.35. The first-order valence-electron chi connectivity index (χ1n) is 9.86. The molecule has 1 aliphatic rings. The first-order valence-corrected chi connectivity index (χ1v) is 9.86. The fraction of sp³-hybridized carbons (Fsp3) is 0.391. The molecule has 0 N–H and O–H groups in total. The first-order chi connectivity index (χ1) is 14.0. The van der Waals surface area contributed by atoms with Gasteiger partial charge in [0, 0.05) is 49.9 Å². The Morgan fingerprint density at radius 2 is 1.55 bits per heavy atom. The normalized spacial score (nSPS) is 13.9. The number of aryl methyl sites for hydroxylation is 1. The number of piperazine rings is 1. The van der Waals surface area contributed by atoms with E-state index < -0.39 is 0 Å². The number of ether oxygens (including phenoxy) is 2. The zero-order valence-corrected chi connectivity index (χ0v) is 17.3. The third kappa shape index (κ3) is 5.08. The molecule has 2 aromatic carbocycles. The number of rotatable bonds is 7. The lowest BCUT2D eigenvalue weighted by Crippen LogP contribution is -2.48. The molecule has 2 aromatic rings. The van der Waals surface area contributed by atoms with Crippen molar-refractivity contribution in [3.63, 3.8) is 0 Å². The Bertz CT molecular complexity index is 856. The Morgan fingerprint density at radius 1 is 0.897 bits per heavy atom. The molecule has 0 radical (unpaired) electrons. The van der Waals surface area contributed by atoms with Crippen LogP contribution in [0.3, 0.4) is 0 Å². The zero-order chi connectivity index (χ0) is 20.8. The van der Waals surface area contributed by atoms with Gasteiger partial charge >= 0.3 is 0 Å². The van der Waals surface area contributed by atoms with Gasteiger partial charge in [-0.2, -0.15) is 0 Å². The molecule has 154 valence electrons. The summed E-state index contributed by atoms with van der Waals surface area (Å²) in [5, 5.41) is 0. The zero-order valence-electron chi connectivity index (χ0n) is 17.3. The number of carbonyl (C=O) groups is 2. The van der Waals surface area contributed by atoms with Gasteiger partial charge in [-0.25, -0.2) is 0 Å². The van der Waals surface area contributed by atoms with Crippen molar-refractivity contribution in [2.24, 2.45) is 0 Å². The molecule has 0 aliphatic carbocycles. The van der Waals surface area contributed by atoms with Gasteiger partial charge in [-0.05, 0) is 31.0 Å². The number of ketones is 1. The summed E-state index contributed by atoms with van der Waals surface area (Å²) in [6.07, 6.45) is 1.17. The van der Waals surface area contributed by atoms with E-state index in [1.165, 1.54) is 0 Å². The van der Waals surface area contributed by atoms with Gasteiger partial charge in [-0.1, -0.05) is 24.3 Å². The highest BCUT2D eigenvalue weighted by molar-refractivity contribution is 5.94. The Balaban J connectivity index is 1.51. The van der Waals surface area contributed by atoms with E-state index in [1.807, 2.05) is 47.4 Å². The maximum absolute atomic E-state index is 12.6. The summed E-state index contributed by atoms with van der Waals surface area (Å²) in [6, 6.07) is 13.4. The largest absolute Gasteiger partial charge is 0.493 e. The van der Waals surface area contributed by atoms with Crippen molar-refractivity contribution in [3.05, 3.63) is 53.6 Å². The molecule has 0 aromatic heterocycles. The van der Waals surface area contributed by atoms with Crippen LogP contribution in [0, 0.1) is 0 Å². The third-order valence-corrected chi connectivity index (χ3v) is 5.35. The van der Waals surface area contributed by atoms with Crippen molar-refractivity contribution in [1.82, 2.24) is 4.90 Å². The van der Waals surface area contributed by atoms with Gasteiger partial charge in [-0.15, -0.1) is 0 Å². The lowest BCUT2D eigenvalue weighted by molar-refractivity contribution is -0.131. The van der Waals surface area contributed by atoms with E-state index in [2.05, 4.69) is 4.90 Å². The monoisotopic (exact) mass is 396 g/mol. The maximum Gasteiger partial charge on any atom is 0.223 e. The minimum absolute atomic E-state index is 0.0555. The van der Waals surface area contributed by atoms with Crippen molar-refractivity contribution < 1.29 is 19.1 Å². The van der Waals surface area contributed by atoms with E-state index in [1.54, 1.807) is 21.1 Å². The van der Waals surface area contributed by atoms with Gasteiger partial charge < -0.3 is 19.3 Å². The molecule has 1 amide bonds. The highest BCUT2D eigenvalue weighted by Gasteiger charge is 2.22. The summed E-state index contributed by atoms with van der Waals surface area (Å²) in [7, 11) is 3.26. The van der Waals surface area contributed by atoms with E-state index in [9.17, 15) is 9.59 Å². The Morgan fingerprint density at radius 3 is 2.14 bits per heavy atom. The van der Waals surface area contributed by atoms with Crippen LogP contribution in [0.4, 0.5) is 5.69 Å². The van der Waals surface area contributed by atoms with Gasteiger partial charge in [0.25, 0.3) is 0 Å². The molecule has 6 heteroatoms. The van der Waals surface area contributed by atoms with E-state index in [0.29, 0.717) is 43.0 Å². The van der Waals surface area contributed by atoms with Crippen LogP contribution < -0.4 is 14.4 Å². The average Bonchev–Trinajstić information content (AvgIpc) is 2.77. The van der Waals surface area contributed by atoms with Crippen molar-refractivity contribution in [1.29, 1.82) is 0 Å². The molecular weight excluding hydrogens is 368 g/mol. The summed E-state index contributed by atoms with van der Waals surface area (Å²) in [5.74, 6) is 1.65. The molecule has 6 nitrogen and oxygen atoms in total. The smallest absolute Gasteiger partial charge is 0.223 e. The number of amides is 1. The minimum atomic E-state index is 0.0555. The van der Waals surface area contributed by atoms with Crippen molar-refractivity contribution in [2.45, 2.75) is 19.8 Å². The number of nitrogens with zero attached hydrogens (tertiary/aromatic N) is 2. The minimum Gasteiger partial charge on any atom is -0.493 e. The summed E-state index contributed by atoms with van der Waals surface area (Å²) in [5.41, 5.74) is 2.85. The van der Waals surface area contributed by atoms with E-state index in [-0.39, 0.29) is 11.7 Å². The molecule has 1 saturated heterocycles. The van der Waals surface area contributed by atoms with Crippen LogP contribution in [0.25, 0.3) is 0 Å². The number of hydrogen-bond acceptors (Lipinski definition) is 5. The van der Waals surface area contributed by atoms with Gasteiger partial charge in [-0.3, -0.25) is 9.59 Å². The van der Waals surface area contributed by atoms with Gasteiger partial charge in [0.1, 0.15) is 0 Å². The summed E-state index contributed by atoms with van der Waals surface area (Å²) >= 11 is 0. The molecular formula is C23H28N2O4. The summed E-state index contributed by atoms with van der Waals surface area (Å²) < 4.78 is 10.7. The van der Waals surface area contributed by atoms with Crippen LogP contribution in [0.15, 0.2) is 42.5 Å². The SMILES string of the molecule is COc1ccc(N2CCN(C(=O)CCc3ccc(C(C)=O)cc3)CC2)cc1OC. The Hall–Kier alpha value is -3.02. The topological polar surface area (TPSA) is 59.1 Å². The van der Waals surface area contributed by atoms with Crippen molar-refractivity contribution in [2.75, 3.05) is 45.3 Å². The lowest BCUT2D eigenvalue weighted by Gasteiger charge is -2.36. The van der Waals surface area contributed by atoms with Crippen LogP contribution in [-0.2, 0) is 11.2 Å². The second kappa shape index (κ2) is 9.45. The van der Waals surface area contributed by atoms with Crippen LogP contribution in [-0.4, -0.2) is 57.0 Å². The molecule has 1 heterocycles. The molecule has 0 spiro atoms. The van der Waals surface area contributed by atoms with Gasteiger partial charge in [0.15, 0.2) is 17.3 Å². The molecule has 1 aliphatic heterocycles. The summed E-state index contributed by atoms with van der Waals surface area (Å²) in [4.78, 5) is 28.1. The van der Waals surface area contributed by atoms with Gasteiger partial charge in [0.05, 0.1) is 14.2 Å². The van der Waals surface area contributed by atoms with Crippen LogP contribution in [0.2, 0.25) is 0 Å². The molecule has 0 atom stereocenters. The predicted molar refractivity (Wildman–Crippen MR) is 113 cm³/mol. The maximum atomic E-state index is 12.6. The number of carbonyl (C=O) groups excluding carboxylic acids is 2. The second-order valence-corrected chi connectivity index (χ2v) is 7.16. The average molecular weight is 396 g/mol. The lowest BCUT2D eigenvalue weighted by atomic mass is 10.1. The predicted octanol–water partition coefficient (Wildman–Crippen LogP) is 3.19. The van der Waals surface area contributed by atoms with Gasteiger partial charge in [0.2, 0.25) is 5.91 Å². The number of methoxy groups -OCH3 is 2.